The fourth-order valence-electron chi connectivity index (χ4n) is 2.76. The number of hydrogen-bond donors (Lipinski definition) is 1. The van der Waals surface area contributed by atoms with Crippen LogP contribution in [0.25, 0.3) is 10.9 Å². The molecule has 3 rings (SSSR count). The van der Waals surface area contributed by atoms with E-state index < -0.39 is 12.1 Å². The summed E-state index contributed by atoms with van der Waals surface area (Å²) in [6, 6.07) is 15.1. The van der Waals surface area contributed by atoms with Gasteiger partial charge < -0.3 is 14.5 Å². The molecule has 0 saturated heterocycles. The molecule has 0 aliphatic heterocycles. The van der Waals surface area contributed by atoms with E-state index in [9.17, 15) is 9.59 Å². The molecule has 0 amide bonds. The molecular weight excluding hydrogens is 330 g/mol. The molecule has 0 fully saturated rings. The molecule has 2 aromatic carbocycles. The van der Waals surface area contributed by atoms with Crippen molar-refractivity contribution in [2.24, 2.45) is 0 Å². The molecule has 0 radical (unpaired) electrons. The fourth-order valence-corrected chi connectivity index (χ4v) is 2.76. The highest BCUT2D eigenvalue weighted by molar-refractivity contribution is 6.10. The molecular formula is C21H21NO4. The predicted molar refractivity (Wildman–Crippen MR) is 99.5 cm³/mol. The van der Waals surface area contributed by atoms with Crippen molar-refractivity contribution in [2.45, 2.75) is 26.4 Å². The van der Waals surface area contributed by atoms with E-state index >= 15 is 0 Å². The van der Waals surface area contributed by atoms with Gasteiger partial charge in [-0.05, 0) is 37.6 Å². The van der Waals surface area contributed by atoms with Crippen molar-refractivity contribution in [2.75, 3.05) is 6.61 Å². The lowest BCUT2D eigenvalue weighted by molar-refractivity contribution is -0.146. The zero-order valence-corrected chi connectivity index (χ0v) is 14.8. The number of aryl methyl sites for hydroxylation is 1. The first-order valence-corrected chi connectivity index (χ1v) is 8.54. The van der Waals surface area contributed by atoms with Crippen LogP contribution < -0.4 is 4.74 Å². The number of aromatic amines is 1. The van der Waals surface area contributed by atoms with E-state index in [0.717, 1.165) is 16.5 Å². The maximum Gasteiger partial charge on any atom is 0.309 e. The third-order valence-electron chi connectivity index (χ3n) is 4.10. The summed E-state index contributed by atoms with van der Waals surface area (Å²) in [6.45, 7) is 3.76. The normalized spacial score (nSPS) is 11.9. The third kappa shape index (κ3) is 4.11. The number of carbonyl (C=O) groups is 2. The minimum absolute atomic E-state index is 0.0828. The predicted octanol–water partition coefficient (Wildman–Crippen LogP) is 4.06. The molecule has 26 heavy (non-hydrogen) atoms. The van der Waals surface area contributed by atoms with E-state index in [1.165, 1.54) is 0 Å². The van der Waals surface area contributed by atoms with Crippen molar-refractivity contribution < 1.29 is 19.1 Å². The first-order chi connectivity index (χ1) is 12.5. The number of ketones is 1. The van der Waals surface area contributed by atoms with E-state index in [2.05, 4.69) is 4.98 Å². The van der Waals surface area contributed by atoms with Crippen LogP contribution in [-0.2, 0) is 9.53 Å². The Kier molecular flexibility index (Phi) is 5.37. The van der Waals surface area contributed by atoms with Crippen LogP contribution in [0.4, 0.5) is 0 Å². The van der Waals surface area contributed by atoms with Gasteiger partial charge in [0.05, 0.1) is 13.0 Å². The van der Waals surface area contributed by atoms with Crippen molar-refractivity contribution in [1.82, 2.24) is 4.98 Å². The number of ether oxygens (including phenoxy) is 2. The van der Waals surface area contributed by atoms with Crippen molar-refractivity contribution >= 4 is 22.7 Å². The topological polar surface area (TPSA) is 68.4 Å². The fraction of sp³-hybridized carbons (Fsp3) is 0.238. The lowest BCUT2D eigenvalue weighted by Crippen LogP contribution is -2.25. The number of Topliss-reactive ketones (excluding diaryl/α,β-unsaturated/α-hetero) is 1. The van der Waals surface area contributed by atoms with Crippen LogP contribution >= 0.6 is 0 Å². The molecule has 5 nitrogen and oxygen atoms in total. The van der Waals surface area contributed by atoms with Gasteiger partial charge in [-0.25, -0.2) is 0 Å². The summed E-state index contributed by atoms with van der Waals surface area (Å²) in [5, 5.41) is 0.822. The van der Waals surface area contributed by atoms with Crippen LogP contribution in [0.2, 0.25) is 0 Å². The largest absolute Gasteiger partial charge is 0.493 e. The van der Waals surface area contributed by atoms with Crippen molar-refractivity contribution in [3.8, 4) is 5.75 Å². The summed E-state index contributed by atoms with van der Waals surface area (Å²) >= 11 is 0. The Morgan fingerprint density at radius 3 is 2.73 bits per heavy atom. The summed E-state index contributed by atoms with van der Waals surface area (Å²) in [5.41, 5.74) is 2.49. The standard InChI is InChI=1S/C21H21NO4/c1-14-6-5-7-16(12-14)25-11-10-20(23)26-15(2)21(24)18-13-22-19-9-4-3-8-17(18)19/h3-9,12-13,15,22H,10-11H2,1-2H3/t15-/m1/s1. The number of hydrogen-bond acceptors (Lipinski definition) is 4. The highest BCUT2D eigenvalue weighted by Gasteiger charge is 2.22. The average molecular weight is 351 g/mol. The number of nitrogens with one attached hydrogen (secondary N) is 1. The van der Waals surface area contributed by atoms with Gasteiger partial charge in [0.25, 0.3) is 0 Å². The summed E-state index contributed by atoms with van der Waals surface area (Å²) in [5.74, 6) is 0.0227. The summed E-state index contributed by atoms with van der Waals surface area (Å²) in [6.07, 6.45) is 0.887. The Morgan fingerprint density at radius 2 is 1.92 bits per heavy atom. The monoisotopic (exact) mass is 351 g/mol. The quantitative estimate of drug-likeness (QED) is 0.515. The molecule has 0 aliphatic carbocycles. The molecule has 5 heteroatoms. The number of fused-ring (bicyclic) bond motifs is 1. The van der Waals surface area contributed by atoms with Gasteiger partial charge in [-0.1, -0.05) is 30.3 Å². The number of rotatable bonds is 7. The van der Waals surface area contributed by atoms with E-state index in [-0.39, 0.29) is 18.8 Å². The second-order valence-corrected chi connectivity index (χ2v) is 6.16. The molecule has 1 N–H and O–H groups in total. The molecule has 0 unspecified atom stereocenters. The minimum atomic E-state index is -0.847. The first-order valence-electron chi connectivity index (χ1n) is 8.54. The van der Waals surface area contributed by atoms with Crippen LogP contribution in [0, 0.1) is 6.92 Å². The molecule has 0 bridgehead atoms. The molecule has 1 atom stereocenters. The van der Waals surface area contributed by atoms with Crippen LogP contribution in [0.15, 0.2) is 54.7 Å². The highest BCUT2D eigenvalue weighted by atomic mass is 16.5. The van der Waals surface area contributed by atoms with Crippen molar-refractivity contribution in [1.29, 1.82) is 0 Å². The zero-order chi connectivity index (χ0) is 18.5. The molecule has 1 heterocycles. The number of benzene rings is 2. The first kappa shape index (κ1) is 17.7. The lowest BCUT2D eigenvalue weighted by atomic mass is 10.1. The zero-order valence-electron chi connectivity index (χ0n) is 14.8. The average Bonchev–Trinajstić information content (AvgIpc) is 3.05. The van der Waals surface area contributed by atoms with Crippen LogP contribution in [0.1, 0.15) is 29.3 Å². The Hall–Kier alpha value is -3.08. The second-order valence-electron chi connectivity index (χ2n) is 6.16. The van der Waals surface area contributed by atoms with Gasteiger partial charge in [0.1, 0.15) is 5.75 Å². The molecule has 134 valence electrons. The molecule has 0 aliphatic rings. The summed E-state index contributed by atoms with van der Waals surface area (Å²) in [4.78, 5) is 27.6. The molecule has 3 aromatic rings. The Labute approximate surface area is 151 Å². The van der Waals surface area contributed by atoms with Gasteiger partial charge in [-0.3, -0.25) is 9.59 Å². The Morgan fingerprint density at radius 1 is 1.12 bits per heavy atom. The van der Waals surface area contributed by atoms with Crippen LogP contribution in [0.3, 0.4) is 0 Å². The van der Waals surface area contributed by atoms with Gasteiger partial charge >= 0.3 is 5.97 Å². The van der Waals surface area contributed by atoms with E-state index in [4.69, 9.17) is 9.47 Å². The molecule has 1 aromatic heterocycles. The van der Waals surface area contributed by atoms with Gasteiger partial charge in [0, 0.05) is 22.7 Å². The van der Waals surface area contributed by atoms with Gasteiger partial charge in [0.2, 0.25) is 5.78 Å². The summed E-state index contributed by atoms with van der Waals surface area (Å²) in [7, 11) is 0. The van der Waals surface area contributed by atoms with E-state index in [1.807, 2.05) is 55.5 Å². The number of para-hydroxylation sites is 1. The maximum atomic E-state index is 12.6. The second kappa shape index (κ2) is 7.87. The van der Waals surface area contributed by atoms with E-state index in [0.29, 0.717) is 11.3 Å². The van der Waals surface area contributed by atoms with Gasteiger partial charge in [0.15, 0.2) is 6.10 Å². The van der Waals surface area contributed by atoms with E-state index in [1.54, 1.807) is 13.1 Å². The SMILES string of the molecule is Cc1cccc(OCCC(=O)O[C@H](C)C(=O)c2c[nH]c3ccccc23)c1. The number of esters is 1. The number of carbonyl (C=O) groups excluding carboxylic acids is 2. The van der Waals surface area contributed by atoms with Crippen LogP contribution in [0.5, 0.6) is 5.75 Å². The Bertz CT molecular complexity index is 928. The number of aromatic nitrogens is 1. The van der Waals surface area contributed by atoms with Gasteiger partial charge in [-0.15, -0.1) is 0 Å². The van der Waals surface area contributed by atoms with Gasteiger partial charge in [-0.2, -0.15) is 0 Å². The maximum absolute atomic E-state index is 12.6. The summed E-state index contributed by atoms with van der Waals surface area (Å²) < 4.78 is 10.8. The highest BCUT2D eigenvalue weighted by Crippen LogP contribution is 2.20. The smallest absolute Gasteiger partial charge is 0.309 e. The lowest BCUT2D eigenvalue weighted by Gasteiger charge is -2.12. The minimum Gasteiger partial charge on any atom is -0.493 e. The van der Waals surface area contributed by atoms with Crippen LogP contribution in [-0.4, -0.2) is 29.4 Å². The molecule has 0 spiro atoms. The third-order valence-corrected chi connectivity index (χ3v) is 4.10. The number of H-pyrrole nitrogens is 1. The van der Waals surface area contributed by atoms with Crippen molar-refractivity contribution in [3.63, 3.8) is 0 Å². The van der Waals surface area contributed by atoms with Crippen molar-refractivity contribution in [3.05, 3.63) is 65.9 Å². The Balaban J connectivity index is 1.53. The molecule has 0 saturated carbocycles.